The van der Waals surface area contributed by atoms with E-state index in [4.69, 9.17) is 0 Å². The SMILES string of the molecule is CC.COc1ccc(F)c(F)c1. The molecular formula is C9H12F2O. The van der Waals surface area contributed by atoms with Crippen molar-refractivity contribution in [1.29, 1.82) is 0 Å². The average molecular weight is 174 g/mol. The topological polar surface area (TPSA) is 9.23 Å². The molecule has 0 radical (unpaired) electrons. The predicted octanol–water partition coefficient (Wildman–Crippen LogP) is 3.00. The van der Waals surface area contributed by atoms with E-state index < -0.39 is 11.6 Å². The zero-order chi connectivity index (χ0) is 9.56. The van der Waals surface area contributed by atoms with Gasteiger partial charge in [-0.05, 0) is 12.1 Å². The van der Waals surface area contributed by atoms with Crippen molar-refractivity contribution >= 4 is 0 Å². The van der Waals surface area contributed by atoms with Gasteiger partial charge in [0.1, 0.15) is 5.75 Å². The first kappa shape index (κ1) is 10.9. The van der Waals surface area contributed by atoms with E-state index in [9.17, 15) is 8.78 Å². The van der Waals surface area contributed by atoms with Crippen molar-refractivity contribution < 1.29 is 13.5 Å². The van der Waals surface area contributed by atoms with Crippen LogP contribution in [0.15, 0.2) is 18.2 Å². The van der Waals surface area contributed by atoms with Gasteiger partial charge in [-0.25, -0.2) is 8.78 Å². The summed E-state index contributed by atoms with van der Waals surface area (Å²) in [4.78, 5) is 0. The Bertz CT molecular complexity index is 236. The molecule has 0 bridgehead atoms. The molecule has 0 aliphatic rings. The summed E-state index contributed by atoms with van der Waals surface area (Å²) >= 11 is 0. The van der Waals surface area contributed by atoms with Gasteiger partial charge in [0, 0.05) is 6.07 Å². The zero-order valence-corrected chi connectivity index (χ0v) is 7.40. The second kappa shape index (κ2) is 5.52. The highest BCUT2D eigenvalue weighted by atomic mass is 19.2. The van der Waals surface area contributed by atoms with Gasteiger partial charge < -0.3 is 4.74 Å². The lowest BCUT2D eigenvalue weighted by Crippen LogP contribution is -1.86. The normalized spacial score (nSPS) is 8.42. The molecule has 0 saturated heterocycles. The van der Waals surface area contributed by atoms with E-state index in [1.807, 2.05) is 13.8 Å². The minimum atomic E-state index is -0.889. The highest BCUT2D eigenvalue weighted by Gasteiger charge is 2.00. The van der Waals surface area contributed by atoms with Gasteiger partial charge in [0.25, 0.3) is 0 Å². The van der Waals surface area contributed by atoms with E-state index in [-0.39, 0.29) is 0 Å². The van der Waals surface area contributed by atoms with Gasteiger partial charge >= 0.3 is 0 Å². The Morgan fingerprint density at radius 3 is 2.08 bits per heavy atom. The van der Waals surface area contributed by atoms with Crippen molar-refractivity contribution in [3.05, 3.63) is 29.8 Å². The van der Waals surface area contributed by atoms with Gasteiger partial charge in [-0.1, -0.05) is 13.8 Å². The first-order valence-corrected chi connectivity index (χ1v) is 3.73. The molecule has 12 heavy (non-hydrogen) atoms. The van der Waals surface area contributed by atoms with Gasteiger partial charge in [0.2, 0.25) is 0 Å². The zero-order valence-electron chi connectivity index (χ0n) is 7.40. The van der Waals surface area contributed by atoms with E-state index in [1.54, 1.807) is 0 Å². The molecule has 1 rings (SSSR count). The van der Waals surface area contributed by atoms with Crippen molar-refractivity contribution in [2.75, 3.05) is 7.11 Å². The van der Waals surface area contributed by atoms with Crippen LogP contribution in [0.2, 0.25) is 0 Å². The number of hydrogen-bond donors (Lipinski definition) is 0. The third kappa shape index (κ3) is 2.86. The van der Waals surface area contributed by atoms with Gasteiger partial charge in [0.05, 0.1) is 7.11 Å². The number of methoxy groups -OCH3 is 1. The number of hydrogen-bond acceptors (Lipinski definition) is 1. The van der Waals surface area contributed by atoms with Gasteiger partial charge in [-0.15, -0.1) is 0 Å². The quantitative estimate of drug-likeness (QED) is 0.636. The summed E-state index contributed by atoms with van der Waals surface area (Å²) in [6.45, 7) is 4.00. The maximum atomic E-state index is 12.3. The number of ether oxygens (including phenoxy) is 1. The van der Waals surface area contributed by atoms with Crippen LogP contribution in [0.4, 0.5) is 8.78 Å². The molecule has 0 fully saturated rings. The van der Waals surface area contributed by atoms with E-state index in [1.165, 1.54) is 13.2 Å². The largest absolute Gasteiger partial charge is 0.497 e. The first-order chi connectivity index (χ1) is 5.74. The molecule has 1 nitrogen and oxygen atoms in total. The van der Waals surface area contributed by atoms with Gasteiger partial charge in [0.15, 0.2) is 11.6 Å². The Labute approximate surface area is 71.0 Å². The summed E-state index contributed by atoms with van der Waals surface area (Å²) < 4.78 is 29.2. The van der Waals surface area contributed by atoms with Crippen LogP contribution < -0.4 is 4.74 Å². The lowest BCUT2D eigenvalue weighted by molar-refractivity contribution is 0.406. The minimum Gasteiger partial charge on any atom is -0.497 e. The molecule has 0 aromatic heterocycles. The number of halogens is 2. The maximum absolute atomic E-state index is 12.3. The summed E-state index contributed by atoms with van der Waals surface area (Å²) in [6, 6.07) is 3.38. The number of benzene rings is 1. The van der Waals surface area contributed by atoms with E-state index >= 15 is 0 Å². The predicted molar refractivity (Wildman–Crippen MR) is 44.3 cm³/mol. The van der Waals surface area contributed by atoms with Gasteiger partial charge in [-0.3, -0.25) is 0 Å². The smallest absolute Gasteiger partial charge is 0.162 e. The second-order valence-corrected chi connectivity index (χ2v) is 1.78. The third-order valence-electron chi connectivity index (χ3n) is 1.13. The Morgan fingerprint density at radius 1 is 1.08 bits per heavy atom. The lowest BCUT2D eigenvalue weighted by Gasteiger charge is -1.97. The second-order valence-electron chi connectivity index (χ2n) is 1.78. The molecule has 0 saturated carbocycles. The van der Waals surface area contributed by atoms with E-state index in [2.05, 4.69) is 4.74 Å². The fourth-order valence-corrected chi connectivity index (χ4v) is 0.604. The van der Waals surface area contributed by atoms with Crippen molar-refractivity contribution in [1.82, 2.24) is 0 Å². The van der Waals surface area contributed by atoms with Crippen molar-refractivity contribution in [3.63, 3.8) is 0 Å². The Morgan fingerprint density at radius 2 is 1.67 bits per heavy atom. The summed E-state index contributed by atoms with van der Waals surface area (Å²) in [5, 5.41) is 0. The van der Waals surface area contributed by atoms with Crippen molar-refractivity contribution in [3.8, 4) is 5.75 Å². The molecule has 0 unspecified atom stereocenters. The fraction of sp³-hybridized carbons (Fsp3) is 0.333. The molecule has 0 atom stereocenters. The maximum Gasteiger partial charge on any atom is 0.162 e. The van der Waals surface area contributed by atoms with E-state index in [0.29, 0.717) is 5.75 Å². The third-order valence-corrected chi connectivity index (χ3v) is 1.13. The summed E-state index contributed by atoms with van der Waals surface area (Å²) in [6.07, 6.45) is 0. The standard InChI is InChI=1S/C7H6F2O.C2H6/c1-10-5-2-3-6(8)7(9)4-5;1-2/h2-4H,1H3;1-2H3. The molecule has 0 aliphatic carbocycles. The Balaban J connectivity index is 0.000000561. The fourth-order valence-electron chi connectivity index (χ4n) is 0.604. The van der Waals surface area contributed by atoms with Crippen LogP contribution in [-0.4, -0.2) is 7.11 Å². The van der Waals surface area contributed by atoms with Gasteiger partial charge in [-0.2, -0.15) is 0 Å². The molecule has 3 heteroatoms. The molecule has 68 valence electrons. The van der Waals surface area contributed by atoms with Crippen molar-refractivity contribution in [2.45, 2.75) is 13.8 Å². The molecule has 0 N–H and O–H groups in total. The highest BCUT2D eigenvalue weighted by molar-refractivity contribution is 5.23. The van der Waals surface area contributed by atoms with Crippen LogP contribution >= 0.6 is 0 Å². The number of rotatable bonds is 1. The van der Waals surface area contributed by atoms with Crippen LogP contribution in [0.1, 0.15) is 13.8 Å². The lowest BCUT2D eigenvalue weighted by atomic mass is 10.3. The highest BCUT2D eigenvalue weighted by Crippen LogP contribution is 2.13. The molecule has 1 aromatic rings. The molecule has 0 spiro atoms. The molecule has 0 heterocycles. The Hall–Kier alpha value is -1.12. The molecule has 0 aliphatic heterocycles. The van der Waals surface area contributed by atoms with Crippen LogP contribution in [0, 0.1) is 11.6 Å². The van der Waals surface area contributed by atoms with Crippen LogP contribution in [-0.2, 0) is 0 Å². The first-order valence-electron chi connectivity index (χ1n) is 3.73. The monoisotopic (exact) mass is 174 g/mol. The average Bonchev–Trinajstić information content (AvgIpc) is 2.13. The van der Waals surface area contributed by atoms with E-state index in [0.717, 1.165) is 12.1 Å². The molecule has 1 aromatic carbocycles. The van der Waals surface area contributed by atoms with Crippen LogP contribution in [0.5, 0.6) is 5.75 Å². The molecular weight excluding hydrogens is 162 g/mol. The van der Waals surface area contributed by atoms with Crippen LogP contribution in [0.3, 0.4) is 0 Å². The Kier molecular flexibility index (Phi) is 5.00. The molecule has 0 amide bonds. The van der Waals surface area contributed by atoms with Crippen molar-refractivity contribution in [2.24, 2.45) is 0 Å². The summed E-state index contributed by atoms with van der Waals surface area (Å²) in [5.74, 6) is -1.43. The minimum absolute atomic E-state index is 0.318. The summed E-state index contributed by atoms with van der Waals surface area (Å²) in [7, 11) is 1.40. The van der Waals surface area contributed by atoms with Crippen LogP contribution in [0.25, 0.3) is 0 Å². The summed E-state index contributed by atoms with van der Waals surface area (Å²) in [5.41, 5.74) is 0.